The van der Waals surface area contributed by atoms with Crippen molar-refractivity contribution in [1.82, 2.24) is 0 Å². The van der Waals surface area contributed by atoms with E-state index in [-0.39, 0.29) is 24.5 Å². The maximum Gasteiger partial charge on any atom is 1.00 e. The molecule has 0 fully saturated rings. The van der Waals surface area contributed by atoms with Gasteiger partial charge in [0.1, 0.15) is 11.6 Å². The van der Waals surface area contributed by atoms with Crippen LogP contribution in [-0.2, 0) is 24.0 Å². The molecule has 0 amide bonds. The SMILES string of the molecule is CC.CC.CCCCC(=O)/C=C(\C)CCCC.CCCCC(=O)/C=C(\C)CCCC.CCCCC(C)=O.CCCCC(C)=O.CCCCC(C)O.CCCCC(C)O.CCCCC1=C(CCC)C(=O)CC(C)(CCCC)C1.O.[H+]. The van der Waals surface area contributed by atoms with E-state index in [0.717, 1.165) is 141 Å². The molecule has 3 atom stereocenters. The topological polar surface area (TPSA) is 157 Å². The van der Waals surface area contributed by atoms with E-state index in [1.54, 1.807) is 13.8 Å². The van der Waals surface area contributed by atoms with E-state index in [9.17, 15) is 24.0 Å². The summed E-state index contributed by atoms with van der Waals surface area (Å²) in [6.45, 7) is 45.0. The number of aliphatic hydroxyl groups is 2. The lowest BCUT2D eigenvalue weighted by Crippen LogP contribution is -2.28. The van der Waals surface area contributed by atoms with Crippen LogP contribution < -0.4 is 0 Å². The lowest BCUT2D eigenvalue weighted by molar-refractivity contribution is -0.119. The average molecular weight is 1110 g/mol. The Bertz CT molecular complexity index is 1310. The summed E-state index contributed by atoms with van der Waals surface area (Å²) in [5.41, 5.74) is 5.42. The van der Waals surface area contributed by atoms with Gasteiger partial charge in [0.25, 0.3) is 0 Å². The Morgan fingerprint density at radius 3 is 1.03 bits per heavy atom. The second-order valence-electron chi connectivity index (χ2n) is 21.5. The Hall–Kier alpha value is -2.55. The number of carbonyl (C=O) groups is 5. The van der Waals surface area contributed by atoms with Gasteiger partial charge in [-0.1, -0.05) is 217 Å². The van der Waals surface area contributed by atoms with Crippen molar-refractivity contribution < 1.29 is 41.1 Å². The molecule has 1 rings (SSSR count). The number of ketones is 5. The molecule has 1 aliphatic rings. The van der Waals surface area contributed by atoms with Gasteiger partial charge >= 0.3 is 1.43 Å². The number of hydrogen-bond donors (Lipinski definition) is 2. The van der Waals surface area contributed by atoms with Crippen LogP contribution in [0.5, 0.6) is 0 Å². The Morgan fingerprint density at radius 2 is 0.769 bits per heavy atom. The summed E-state index contributed by atoms with van der Waals surface area (Å²) >= 11 is 0. The van der Waals surface area contributed by atoms with Crippen molar-refractivity contribution in [3.05, 3.63) is 34.4 Å². The van der Waals surface area contributed by atoms with Crippen molar-refractivity contribution in [1.29, 1.82) is 0 Å². The van der Waals surface area contributed by atoms with Crippen molar-refractivity contribution >= 4 is 28.9 Å². The zero-order chi connectivity index (χ0) is 61.3. The molecule has 0 spiro atoms. The molecule has 1 aliphatic carbocycles. The van der Waals surface area contributed by atoms with Gasteiger partial charge in [-0.15, -0.1) is 0 Å². The van der Waals surface area contributed by atoms with E-state index in [0.29, 0.717) is 28.9 Å². The van der Waals surface area contributed by atoms with Crippen molar-refractivity contribution in [3.8, 4) is 0 Å². The maximum absolute atomic E-state index is 12.5. The summed E-state index contributed by atoms with van der Waals surface area (Å²) in [6, 6.07) is 0. The van der Waals surface area contributed by atoms with Crippen LogP contribution in [0.1, 0.15) is 372 Å². The van der Waals surface area contributed by atoms with Crippen molar-refractivity contribution in [2.75, 3.05) is 0 Å². The minimum Gasteiger partial charge on any atom is -0.412 e. The van der Waals surface area contributed by atoms with E-state index in [4.69, 9.17) is 10.2 Å². The number of rotatable bonds is 34. The molecule has 470 valence electrons. The monoisotopic (exact) mass is 1110 g/mol. The van der Waals surface area contributed by atoms with Gasteiger partial charge < -0.3 is 25.3 Å². The first-order valence-corrected chi connectivity index (χ1v) is 32.5. The molecule has 78 heavy (non-hydrogen) atoms. The predicted octanol–water partition coefficient (Wildman–Crippen LogP) is 21.6. The fraction of sp³-hybridized carbons (Fsp3) is 0.843. The molecular weight excluding hydrogens is 969 g/mol. The zero-order valence-electron chi connectivity index (χ0n) is 57.8. The third kappa shape index (κ3) is 84.7. The molecule has 0 aromatic carbocycles. The molecular formula is C70H143O8+. The number of allylic oxidation sites excluding steroid dienone is 6. The standard InChI is InChI=1S/C18H32O.2C12H22O.2C6H14O.2C6H12O.2C2H6.H2O/c1-5-8-11-15-13-18(4,12-9-6-2)14-17(19)16(15)10-7-3;2*1-4-6-8-11(3)10-12(13)9-7-5-2;4*1-3-4-5-6(2)7;2*1-2;/h5-14H2,1-4H3;2*10H,4-9H2,1-3H3;2*6-7H,3-5H2,1-2H3;2*3-5H2,1-2H3;2*1-2H3;1H2/p+1/b;2*11-10+;;;;;;;. The summed E-state index contributed by atoms with van der Waals surface area (Å²) in [5, 5.41) is 17.4. The first-order chi connectivity index (χ1) is 36.5. The molecule has 0 aromatic rings. The molecule has 4 N–H and O–H groups in total. The minimum atomic E-state index is -0.0973. The van der Waals surface area contributed by atoms with Crippen LogP contribution in [0, 0.1) is 5.41 Å². The molecule has 0 heterocycles. The van der Waals surface area contributed by atoms with Crippen molar-refractivity contribution in [2.24, 2.45) is 5.41 Å². The maximum atomic E-state index is 12.5. The summed E-state index contributed by atoms with van der Waals surface area (Å²) in [4.78, 5) is 55.5. The van der Waals surface area contributed by atoms with Crippen molar-refractivity contribution in [2.45, 2.75) is 383 Å². The fourth-order valence-corrected chi connectivity index (χ4v) is 7.65. The highest BCUT2D eigenvalue weighted by Crippen LogP contribution is 2.43. The summed E-state index contributed by atoms with van der Waals surface area (Å²) in [5.74, 6) is 1.67. The van der Waals surface area contributed by atoms with Gasteiger partial charge in [-0.25, -0.2) is 0 Å². The third-order valence-electron chi connectivity index (χ3n) is 12.4. The van der Waals surface area contributed by atoms with Crippen LogP contribution in [0.25, 0.3) is 0 Å². The Morgan fingerprint density at radius 1 is 0.462 bits per heavy atom. The second kappa shape index (κ2) is 76.5. The molecule has 0 bridgehead atoms. The average Bonchev–Trinajstić information content (AvgIpc) is 3.40. The number of Topliss-reactive ketones (excluding diaryl/α,β-unsaturated/α-hetero) is 3. The number of unbranched alkanes of at least 4 members (excludes halogenated alkanes) is 10. The smallest absolute Gasteiger partial charge is 0.412 e. The third-order valence-corrected chi connectivity index (χ3v) is 12.4. The molecule has 0 saturated heterocycles. The first-order valence-electron chi connectivity index (χ1n) is 32.5. The van der Waals surface area contributed by atoms with E-state index in [1.807, 2.05) is 53.7 Å². The van der Waals surface area contributed by atoms with Crippen LogP contribution in [-0.4, -0.2) is 56.8 Å². The summed E-state index contributed by atoms with van der Waals surface area (Å²) in [7, 11) is 0. The summed E-state index contributed by atoms with van der Waals surface area (Å²) < 4.78 is 0. The van der Waals surface area contributed by atoms with Gasteiger partial charge in [-0.05, 0) is 161 Å². The Labute approximate surface area is 490 Å². The van der Waals surface area contributed by atoms with Crippen LogP contribution >= 0.6 is 0 Å². The fourth-order valence-electron chi connectivity index (χ4n) is 7.65. The quantitative estimate of drug-likeness (QED) is 0.0607. The van der Waals surface area contributed by atoms with E-state index in [2.05, 4.69) is 96.9 Å². The highest BCUT2D eigenvalue weighted by Gasteiger charge is 2.34. The van der Waals surface area contributed by atoms with Gasteiger partial charge in [0.2, 0.25) is 0 Å². The lowest BCUT2D eigenvalue weighted by Gasteiger charge is -2.36. The van der Waals surface area contributed by atoms with E-state index >= 15 is 0 Å². The number of carbonyl (C=O) groups excluding carboxylic acids is 5. The number of aliphatic hydroxyl groups excluding tert-OH is 2. The highest BCUT2D eigenvalue weighted by atomic mass is 16.3. The van der Waals surface area contributed by atoms with E-state index < -0.39 is 0 Å². The largest absolute Gasteiger partial charge is 1.00 e. The van der Waals surface area contributed by atoms with Gasteiger partial charge in [0, 0.05) is 32.1 Å². The molecule has 0 aromatic heterocycles. The Balaban J connectivity index is -0.0000000897. The van der Waals surface area contributed by atoms with Gasteiger partial charge in [-0.3, -0.25) is 14.4 Å². The Kier molecular flexibility index (Phi) is 92.9. The van der Waals surface area contributed by atoms with Crippen LogP contribution in [0.4, 0.5) is 0 Å². The number of hydrogen-bond acceptors (Lipinski definition) is 7. The molecule has 0 aliphatic heterocycles. The normalized spacial score (nSPS) is 14.1. The van der Waals surface area contributed by atoms with Gasteiger partial charge in [0.05, 0.1) is 12.2 Å². The molecule has 8 heteroatoms. The second-order valence-corrected chi connectivity index (χ2v) is 21.5. The molecule has 3 unspecified atom stereocenters. The predicted molar refractivity (Wildman–Crippen MR) is 349 cm³/mol. The summed E-state index contributed by atoms with van der Waals surface area (Å²) in [6.07, 6.45) is 40.0. The van der Waals surface area contributed by atoms with Gasteiger partial charge in [0.15, 0.2) is 17.3 Å². The lowest BCUT2D eigenvalue weighted by atomic mass is 9.68. The molecule has 8 nitrogen and oxygen atoms in total. The molecule has 0 radical (unpaired) electrons. The van der Waals surface area contributed by atoms with E-state index in [1.165, 1.54) is 99.3 Å². The molecule has 0 saturated carbocycles. The van der Waals surface area contributed by atoms with Crippen LogP contribution in [0.15, 0.2) is 34.4 Å². The first kappa shape index (κ1) is 94.7. The highest BCUT2D eigenvalue weighted by molar-refractivity contribution is 5.97. The van der Waals surface area contributed by atoms with Crippen LogP contribution in [0.2, 0.25) is 0 Å². The zero-order valence-corrected chi connectivity index (χ0v) is 56.8. The van der Waals surface area contributed by atoms with Crippen molar-refractivity contribution in [3.63, 3.8) is 0 Å². The van der Waals surface area contributed by atoms with Crippen LogP contribution in [0.3, 0.4) is 0 Å². The minimum absolute atomic E-state index is 0. The van der Waals surface area contributed by atoms with Gasteiger partial charge in [-0.2, -0.15) is 0 Å².